The third kappa shape index (κ3) is 4.42. The molecule has 0 spiro atoms. The summed E-state index contributed by atoms with van der Waals surface area (Å²) < 4.78 is 0. The van der Waals surface area contributed by atoms with Gasteiger partial charge >= 0.3 is 0 Å². The molecule has 0 bridgehead atoms. The fourth-order valence-electron chi connectivity index (χ4n) is 2.74. The van der Waals surface area contributed by atoms with Crippen LogP contribution < -0.4 is 0 Å². The van der Waals surface area contributed by atoms with Crippen molar-refractivity contribution in [3.05, 3.63) is 71.8 Å². The minimum absolute atomic E-state index is 0.0522. The standard InChI is InChI=1S/C20H25NO2/c1-15(14-17-10-6-4-7-11-17)20(23)21(3)16(2)19(22)18-12-8-5-9-13-18/h4-13,15-16,19,22H,14H2,1-3H3/t15-,16+,19+/m1/s1. The van der Waals surface area contributed by atoms with Crippen LogP contribution in [0.1, 0.15) is 31.1 Å². The number of aliphatic hydroxyl groups is 1. The van der Waals surface area contributed by atoms with Gasteiger partial charge in [-0.25, -0.2) is 0 Å². The molecule has 23 heavy (non-hydrogen) atoms. The SMILES string of the molecule is C[C@H](Cc1ccccc1)C(=O)N(C)[C@@H](C)[C@H](O)c1ccccc1. The lowest BCUT2D eigenvalue weighted by atomic mass is 9.97. The summed E-state index contributed by atoms with van der Waals surface area (Å²) in [5.41, 5.74) is 1.98. The Hall–Kier alpha value is -2.13. The molecule has 0 heterocycles. The van der Waals surface area contributed by atoms with Gasteiger partial charge in [0.15, 0.2) is 0 Å². The normalized spacial score (nSPS) is 14.8. The predicted molar refractivity (Wildman–Crippen MR) is 92.9 cm³/mol. The lowest BCUT2D eigenvalue weighted by molar-refractivity contribution is -0.137. The van der Waals surface area contributed by atoms with Gasteiger partial charge in [-0.15, -0.1) is 0 Å². The maximum atomic E-state index is 12.6. The Labute approximate surface area is 138 Å². The number of rotatable bonds is 6. The molecular weight excluding hydrogens is 286 g/mol. The Morgan fingerprint density at radius 1 is 1.00 bits per heavy atom. The van der Waals surface area contributed by atoms with E-state index in [1.807, 2.05) is 74.5 Å². The fraction of sp³-hybridized carbons (Fsp3) is 0.350. The Morgan fingerprint density at radius 2 is 1.52 bits per heavy atom. The Balaban J connectivity index is 2.00. The second-order valence-electron chi connectivity index (χ2n) is 6.14. The van der Waals surface area contributed by atoms with Crippen LogP contribution in [0.4, 0.5) is 0 Å². The van der Waals surface area contributed by atoms with Crippen molar-refractivity contribution in [2.45, 2.75) is 32.4 Å². The first-order valence-corrected chi connectivity index (χ1v) is 8.04. The molecule has 2 aromatic rings. The molecule has 3 heteroatoms. The van der Waals surface area contributed by atoms with Crippen molar-refractivity contribution < 1.29 is 9.90 Å². The van der Waals surface area contributed by atoms with Crippen LogP contribution in [-0.4, -0.2) is 29.0 Å². The van der Waals surface area contributed by atoms with Crippen molar-refractivity contribution >= 4 is 5.91 Å². The summed E-state index contributed by atoms with van der Waals surface area (Å²) >= 11 is 0. The number of hydrogen-bond donors (Lipinski definition) is 1. The van der Waals surface area contributed by atoms with Gasteiger partial charge in [-0.3, -0.25) is 4.79 Å². The van der Waals surface area contributed by atoms with Crippen molar-refractivity contribution in [3.63, 3.8) is 0 Å². The van der Waals surface area contributed by atoms with Crippen molar-refractivity contribution in [1.82, 2.24) is 4.90 Å². The van der Waals surface area contributed by atoms with Gasteiger partial charge < -0.3 is 10.0 Å². The number of carbonyl (C=O) groups is 1. The predicted octanol–water partition coefficient (Wildman–Crippen LogP) is 3.45. The molecule has 3 atom stereocenters. The zero-order valence-corrected chi connectivity index (χ0v) is 14.0. The highest BCUT2D eigenvalue weighted by Crippen LogP contribution is 2.21. The highest BCUT2D eigenvalue weighted by atomic mass is 16.3. The minimum Gasteiger partial charge on any atom is -0.386 e. The highest BCUT2D eigenvalue weighted by Gasteiger charge is 2.27. The molecule has 0 unspecified atom stereocenters. The molecule has 2 rings (SSSR count). The average molecular weight is 311 g/mol. The molecule has 0 fully saturated rings. The molecule has 0 radical (unpaired) electrons. The monoisotopic (exact) mass is 311 g/mol. The summed E-state index contributed by atoms with van der Waals surface area (Å²) in [4.78, 5) is 14.3. The Morgan fingerprint density at radius 3 is 2.09 bits per heavy atom. The van der Waals surface area contributed by atoms with Crippen molar-refractivity contribution in [2.75, 3.05) is 7.05 Å². The van der Waals surface area contributed by atoms with Crippen molar-refractivity contribution in [2.24, 2.45) is 5.92 Å². The van der Waals surface area contributed by atoms with Gasteiger partial charge in [-0.2, -0.15) is 0 Å². The number of aliphatic hydroxyl groups excluding tert-OH is 1. The number of likely N-dealkylation sites (N-methyl/N-ethyl adjacent to an activating group) is 1. The number of benzene rings is 2. The zero-order chi connectivity index (χ0) is 16.8. The maximum Gasteiger partial charge on any atom is 0.225 e. The summed E-state index contributed by atoms with van der Waals surface area (Å²) in [5, 5.41) is 10.5. The van der Waals surface area contributed by atoms with E-state index in [2.05, 4.69) is 0 Å². The lowest BCUT2D eigenvalue weighted by Crippen LogP contribution is -2.42. The minimum atomic E-state index is -0.686. The number of nitrogens with zero attached hydrogens (tertiary/aromatic N) is 1. The Kier molecular flexibility index (Phi) is 5.94. The van der Waals surface area contributed by atoms with Gasteiger partial charge in [0.05, 0.1) is 12.1 Å². The largest absolute Gasteiger partial charge is 0.386 e. The van der Waals surface area contributed by atoms with E-state index in [9.17, 15) is 9.90 Å². The van der Waals surface area contributed by atoms with E-state index in [-0.39, 0.29) is 17.9 Å². The van der Waals surface area contributed by atoms with E-state index >= 15 is 0 Å². The van der Waals surface area contributed by atoms with E-state index in [0.29, 0.717) is 6.42 Å². The molecule has 2 aromatic carbocycles. The third-order valence-corrected chi connectivity index (χ3v) is 4.36. The van der Waals surface area contributed by atoms with Crippen LogP contribution in [0.25, 0.3) is 0 Å². The van der Waals surface area contributed by atoms with Crippen molar-refractivity contribution in [1.29, 1.82) is 0 Å². The summed E-state index contributed by atoms with van der Waals surface area (Å²) in [6.07, 6.45) is 0.0205. The van der Waals surface area contributed by atoms with Crippen LogP contribution >= 0.6 is 0 Å². The van der Waals surface area contributed by atoms with Gasteiger partial charge in [-0.05, 0) is 24.5 Å². The first-order chi connectivity index (χ1) is 11.0. The van der Waals surface area contributed by atoms with E-state index < -0.39 is 6.10 Å². The number of amides is 1. The highest BCUT2D eigenvalue weighted by molar-refractivity contribution is 5.79. The van der Waals surface area contributed by atoms with Crippen LogP contribution in [0.5, 0.6) is 0 Å². The van der Waals surface area contributed by atoms with Crippen LogP contribution in [-0.2, 0) is 11.2 Å². The fourth-order valence-corrected chi connectivity index (χ4v) is 2.74. The molecule has 0 aromatic heterocycles. The summed E-state index contributed by atoms with van der Waals surface area (Å²) in [7, 11) is 1.76. The van der Waals surface area contributed by atoms with Gasteiger partial charge in [0.25, 0.3) is 0 Å². The molecule has 122 valence electrons. The smallest absolute Gasteiger partial charge is 0.225 e. The average Bonchev–Trinajstić information content (AvgIpc) is 2.60. The van der Waals surface area contributed by atoms with Gasteiger partial charge in [0, 0.05) is 13.0 Å². The van der Waals surface area contributed by atoms with Gasteiger partial charge in [0.2, 0.25) is 5.91 Å². The van der Waals surface area contributed by atoms with E-state index in [4.69, 9.17) is 0 Å². The second kappa shape index (κ2) is 7.93. The first-order valence-electron chi connectivity index (χ1n) is 8.04. The van der Waals surface area contributed by atoms with E-state index in [1.165, 1.54) is 0 Å². The molecule has 0 aliphatic carbocycles. The molecule has 0 saturated carbocycles. The quantitative estimate of drug-likeness (QED) is 0.887. The Bertz CT molecular complexity index is 612. The summed E-state index contributed by atoms with van der Waals surface area (Å²) in [6, 6.07) is 19.2. The van der Waals surface area contributed by atoms with E-state index in [1.54, 1.807) is 11.9 Å². The lowest BCUT2D eigenvalue weighted by Gasteiger charge is -2.31. The zero-order valence-electron chi connectivity index (χ0n) is 14.0. The molecule has 1 amide bonds. The maximum absolute atomic E-state index is 12.6. The summed E-state index contributed by atoms with van der Waals surface area (Å²) in [6.45, 7) is 3.82. The number of carbonyl (C=O) groups excluding carboxylic acids is 1. The molecule has 1 N–H and O–H groups in total. The van der Waals surface area contributed by atoms with Gasteiger partial charge in [-0.1, -0.05) is 67.6 Å². The summed E-state index contributed by atoms with van der Waals surface area (Å²) in [5.74, 6) is -0.0656. The van der Waals surface area contributed by atoms with E-state index in [0.717, 1.165) is 11.1 Å². The molecular formula is C20H25NO2. The molecule has 0 saturated heterocycles. The second-order valence-corrected chi connectivity index (χ2v) is 6.14. The first kappa shape index (κ1) is 17.2. The van der Waals surface area contributed by atoms with Gasteiger partial charge in [0.1, 0.15) is 0 Å². The topological polar surface area (TPSA) is 40.5 Å². The van der Waals surface area contributed by atoms with Crippen LogP contribution in [0.2, 0.25) is 0 Å². The number of hydrogen-bond acceptors (Lipinski definition) is 2. The van der Waals surface area contributed by atoms with Crippen molar-refractivity contribution in [3.8, 4) is 0 Å². The molecule has 0 aliphatic rings. The molecule has 3 nitrogen and oxygen atoms in total. The van der Waals surface area contributed by atoms with Crippen LogP contribution in [0.3, 0.4) is 0 Å². The van der Waals surface area contributed by atoms with Crippen LogP contribution in [0.15, 0.2) is 60.7 Å². The third-order valence-electron chi connectivity index (χ3n) is 4.36. The van der Waals surface area contributed by atoms with Crippen LogP contribution in [0, 0.1) is 5.92 Å². The molecule has 0 aliphatic heterocycles.